The highest BCUT2D eigenvalue weighted by molar-refractivity contribution is 5.95. The van der Waals surface area contributed by atoms with Crippen molar-refractivity contribution in [2.24, 2.45) is 0 Å². The smallest absolute Gasteiger partial charge is 0.382 e. The zero-order valence-electron chi connectivity index (χ0n) is 10.4. The van der Waals surface area contributed by atoms with E-state index in [1.54, 1.807) is 0 Å². The lowest BCUT2D eigenvalue weighted by molar-refractivity contribution is -0.158. The SMILES string of the molecule is CC(F)(F)C(=O)Oc1ccc(C(=O)n2ccnc2)cc1. The van der Waals surface area contributed by atoms with Gasteiger partial charge in [0, 0.05) is 24.9 Å². The van der Waals surface area contributed by atoms with E-state index in [9.17, 15) is 18.4 Å². The molecule has 0 amide bonds. The zero-order chi connectivity index (χ0) is 14.8. The number of halogens is 2. The van der Waals surface area contributed by atoms with Crippen molar-refractivity contribution in [3.8, 4) is 5.75 Å². The number of benzene rings is 1. The molecule has 0 aliphatic carbocycles. The topological polar surface area (TPSA) is 61.2 Å². The van der Waals surface area contributed by atoms with E-state index in [1.165, 1.54) is 47.6 Å². The van der Waals surface area contributed by atoms with Gasteiger partial charge < -0.3 is 4.74 Å². The van der Waals surface area contributed by atoms with Crippen LogP contribution < -0.4 is 4.74 Å². The third kappa shape index (κ3) is 3.05. The number of alkyl halides is 2. The van der Waals surface area contributed by atoms with Gasteiger partial charge in [0.2, 0.25) is 0 Å². The monoisotopic (exact) mass is 280 g/mol. The number of aromatic nitrogens is 2. The van der Waals surface area contributed by atoms with Crippen LogP contribution in [0.3, 0.4) is 0 Å². The van der Waals surface area contributed by atoms with Crippen LogP contribution in [0.25, 0.3) is 0 Å². The molecule has 1 heterocycles. The van der Waals surface area contributed by atoms with Gasteiger partial charge in [-0.25, -0.2) is 9.78 Å². The first-order valence-electron chi connectivity index (χ1n) is 5.61. The van der Waals surface area contributed by atoms with Gasteiger partial charge in [0.25, 0.3) is 5.91 Å². The third-order valence-corrected chi connectivity index (χ3v) is 2.41. The van der Waals surface area contributed by atoms with Crippen LogP contribution in [0.15, 0.2) is 43.0 Å². The van der Waals surface area contributed by atoms with Crippen molar-refractivity contribution in [3.05, 3.63) is 48.5 Å². The Labute approximate surface area is 112 Å². The van der Waals surface area contributed by atoms with Gasteiger partial charge >= 0.3 is 11.9 Å². The lowest BCUT2D eigenvalue weighted by Crippen LogP contribution is -2.29. The highest BCUT2D eigenvalue weighted by Gasteiger charge is 2.34. The maximum absolute atomic E-state index is 12.7. The molecule has 7 heteroatoms. The number of ether oxygens (including phenoxy) is 1. The summed E-state index contributed by atoms with van der Waals surface area (Å²) < 4.78 is 31.1. The number of rotatable bonds is 3. The molecule has 2 rings (SSSR count). The number of imidazole rings is 1. The second-order valence-corrected chi connectivity index (χ2v) is 4.08. The predicted octanol–water partition coefficient (Wildman–Crippen LogP) is 2.13. The van der Waals surface area contributed by atoms with Gasteiger partial charge in [-0.1, -0.05) is 0 Å². The summed E-state index contributed by atoms with van der Waals surface area (Å²) in [4.78, 5) is 26.6. The maximum atomic E-state index is 12.7. The Hall–Kier alpha value is -2.57. The fourth-order valence-electron chi connectivity index (χ4n) is 1.39. The van der Waals surface area contributed by atoms with Crippen LogP contribution in [0.1, 0.15) is 17.3 Å². The minimum absolute atomic E-state index is 0.0568. The molecule has 0 saturated heterocycles. The molecule has 1 aromatic carbocycles. The van der Waals surface area contributed by atoms with Crippen molar-refractivity contribution in [2.45, 2.75) is 12.8 Å². The zero-order valence-corrected chi connectivity index (χ0v) is 10.4. The van der Waals surface area contributed by atoms with E-state index in [0.717, 1.165) is 0 Å². The standard InChI is InChI=1S/C13H10F2N2O3/c1-13(14,15)12(19)20-10-4-2-9(3-5-10)11(18)17-7-6-16-8-17/h2-8H,1H3. The average molecular weight is 280 g/mol. The summed E-state index contributed by atoms with van der Waals surface area (Å²) in [5, 5.41) is 0. The van der Waals surface area contributed by atoms with Crippen LogP contribution >= 0.6 is 0 Å². The number of carbonyl (C=O) groups is 2. The van der Waals surface area contributed by atoms with Crippen molar-refractivity contribution in [2.75, 3.05) is 0 Å². The Morgan fingerprint density at radius 2 is 1.90 bits per heavy atom. The van der Waals surface area contributed by atoms with Crippen LogP contribution in [-0.2, 0) is 4.79 Å². The number of nitrogens with zero attached hydrogens (tertiary/aromatic N) is 2. The molecular weight excluding hydrogens is 270 g/mol. The molecule has 0 bridgehead atoms. The lowest BCUT2D eigenvalue weighted by atomic mass is 10.2. The molecule has 20 heavy (non-hydrogen) atoms. The van der Waals surface area contributed by atoms with E-state index in [2.05, 4.69) is 9.72 Å². The lowest BCUT2D eigenvalue weighted by Gasteiger charge is -2.09. The minimum Gasteiger partial charge on any atom is -0.422 e. The van der Waals surface area contributed by atoms with Crippen LogP contribution in [-0.4, -0.2) is 27.4 Å². The van der Waals surface area contributed by atoms with Crippen LogP contribution in [0.2, 0.25) is 0 Å². The largest absolute Gasteiger partial charge is 0.422 e. The second kappa shape index (κ2) is 5.20. The van der Waals surface area contributed by atoms with Crippen molar-refractivity contribution in [1.29, 1.82) is 0 Å². The summed E-state index contributed by atoms with van der Waals surface area (Å²) in [5.74, 6) is -5.60. The molecule has 0 aliphatic heterocycles. The van der Waals surface area contributed by atoms with E-state index in [4.69, 9.17) is 0 Å². The first-order valence-corrected chi connectivity index (χ1v) is 5.61. The van der Waals surface area contributed by atoms with Gasteiger partial charge in [0.05, 0.1) is 0 Å². The molecule has 104 valence electrons. The van der Waals surface area contributed by atoms with Crippen molar-refractivity contribution in [3.63, 3.8) is 0 Å². The third-order valence-electron chi connectivity index (χ3n) is 2.41. The van der Waals surface area contributed by atoms with Gasteiger partial charge in [0.15, 0.2) is 0 Å². The number of carbonyl (C=O) groups excluding carboxylic acids is 2. The molecule has 5 nitrogen and oxygen atoms in total. The summed E-state index contributed by atoms with van der Waals surface area (Å²) in [6, 6.07) is 5.29. The van der Waals surface area contributed by atoms with Gasteiger partial charge in [-0.3, -0.25) is 9.36 Å². The summed E-state index contributed by atoms with van der Waals surface area (Å²) in [5.41, 5.74) is 0.311. The Balaban J connectivity index is 2.11. The summed E-state index contributed by atoms with van der Waals surface area (Å²) in [6.45, 7) is 0.451. The van der Waals surface area contributed by atoms with Crippen molar-refractivity contribution < 1.29 is 23.1 Å². The van der Waals surface area contributed by atoms with E-state index in [1.807, 2.05) is 0 Å². The predicted molar refractivity (Wildman–Crippen MR) is 64.7 cm³/mol. The van der Waals surface area contributed by atoms with Crippen molar-refractivity contribution in [1.82, 2.24) is 9.55 Å². The molecule has 0 unspecified atom stereocenters. The molecule has 1 aromatic heterocycles. The maximum Gasteiger partial charge on any atom is 0.382 e. The Morgan fingerprint density at radius 1 is 1.25 bits per heavy atom. The molecule has 0 saturated carbocycles. The summed E-state index contributed by atoms with van der Waals surface area (Å²) in [7, 11) is 0. The number of hydrogen-bond donors (Lipinski definition) is 0. The summed E-state index contributed by atoms with van der Waals surface area (Å²) in [6.07, 6.45) is 4.28. The molecule has 0 atom stereocenters. The summed E-state index contributed by atoms with van der Waals surface area (Å²) >= 11 is 0. The molecular formula is C13H10F2N2O3. The van der Waals surface area contributed by atoms with E-state index in [-0.39, 0.29) is 11.7 Å². The Kier molecular flexibility index (Phi) is 3.60. The van der Waals surface area contributed by atoms with Crippen LogP contribution in [0, 0.1) is 0 Å². The van der Waals surface area contributed by atoms with E-state index < -0.39 is 11.9 Å². The van der Waals surface area contributed by atoms with Gasteiger partial charge in [-0.2, -0.15) is 8.78 Å². The number of esters is 1. The van der Waals surface area contributed by atoms with Crippen LogP contribution in [0.5, 0.6) is 5.75 Å². The molecule has 2 aromatic rings. The Morgan fingerprint density at radius 3 is 2.40 bits per heavy atom. The van der Waals surface area contributed by atoms with E-state index >= 15 is 0 Å². The number of hydrogen-bond acceptors (Lipinski definition) is 4. The van der Waals surface area contributed by atoms with Crippen LogP contribution in [0.4, 0.5) is 8.78 Å². The fourth-order valence-corrected chi connectivity index (χ4v) is 1.39. The van der Waals surface area contributed by atoms with Gasteiger partial charge in [0.1, 0.15) is 12.1 Å². The highest BCUT2D eigenvalue weighted by atomic mass is 19.3. The molecule has 0 spiro atoms. The first-order chi connectivity index (χ1) is 9.38. The molecule has 0 fully saturated rings. The first kappa shape index (κ1) is 13.9. The Bertz CT molecular complexity index is 616. The van der Waals surface area contributed by atoms with E-state index in [0.29, 0.717) is 12.5 Å². The van der Waals surface area contributed by atoms with Gasteiger partial charge in [-0.05, 0) is 24.3 Å². The fraction of sp³-hybridized carbons (Fsp3) is 0.154. The highest BCUT2D eigenvalue weighted by Crippen LogP contribution is 2.19. The molecule has 0 aliphatic rings. The van der Waals surface area contributed by atoms with Crippen molar-refractivity contribution >= 4 is 11.9 Å². The average Bonchev–Trinajstić information content (AvgIpc) is 2.91. The normalized spacial score (nSPS) is 11.2. The molecule has 0 radical (unpaired) electrons. The minimum atomic E-state index is -3.56. The van der Waals surface area contributed by atoms with Gasteiger partial charge in [-0.15, -0.1) is 0 Å². The molecule has 0 N–H and O–H groups in total. The second-order valence-electron chi connectivity index (χ2n) is 4.08. The quantitative estimate of drug-likeness (QED) is 0.638.